The summed E-state index contributed by atoms with van der Waals surface area (Å²) in [7, 11) is 0. The van der Waals surface area contributed by atoms with Crippen LogP contribution in [0, 0.1) is 0 Å². The Morgan fingerprint density at radius 1 is 0.535 bits per heavy atom. The van der Waals surface area contributed by atoms with Gasteiger partial charge in [0.15, 0.2) is 11.6 Å². The number of aryl methyl sites for hydroxylation is 3. The van der Waals surface area contributed by atoms with E-state index in [0.717, 1.165) is 25.0 Å². The van der Waals surface area contributed by atoms with Crippen molar-refractivity contribution in [1.29, 1.82) is 0 Å². The summed E-state index contributed by atoms with van der Waals surface area (Å²) in [4.78, 5) is 79.4. The average molecular weight is 1070 g/mol. The molecule has 71 heavy (non-hydrogen) atoms. The van der Waals surface area contributed by atoms with Crippen LogP contribution in [0.2, 0.25) is 10.0 Å². The van der Waals surface area contributed by atoms with Gasteiger partial charge >= 0.3 is 0 Å². The molecule has 0 saturated heterocycles. The molecule has 372 valence electrons. The van der Waals surface area contributed by atoms with Crippen LogP contribution in [0.5, 0.6) is 11.5 Å². The number of halogens is 5. The molecule has 0 aliphatic rings. The van der Waals surface area contributed by atoms with Gasteiger partial charge < -0.3 is 30.7 Å². The average Bonchev–Trinajstić information content (AvgIpc) is 3.32. The maximum atomic E-state index is 13.6. The number of nitrogens with one attached hydrogen (secondary N) is 4. The largest absolute Gasteiger partial charge is 0.492 e. The topological polar surface area (TPSA) is 218 Å². The number of carbonyl (C=O) groups is 6. The molecule has 2 unspecified atom stereocenters. The molecule has 4 amide bonds. The molecule has 2 atom stereocenters. The maximum Gasteiger partial charge on any atom is 0.258 e. The van der Waals surface area contributed by atoms with Gasteiger partial charge in [0.05, 0.1) is 45.8 Å². The Hall–Kier alpha value is -6.43. The smallest absolute Gasteiger partial charge is 0.258 e. The van der Waals surface area contributed by atoms with Crippen LogP contribution in [-0.4, -0.2) is 78.1 Å². The highest BCUT2D eigenvalue weighted by atomic mass is 35.5. The fourth-order valence-corrected chi connectivity index (χ4v) is 7.87. The summed E-state index contributed by atoms with van der Waals surface area (Å²) in [5, 5.41) is 26.9. The normalized spacial score (nSPS) is 12.0. The van der Waals surface area contributed by atoms with Gasteiger partial charge in [0, 0.05) is 29.0 Å². The highest BCUT2D eigenvalue weighted by Crippen LogP contribution is 2.34. The van der Waals surface area contributed by atoms with E-state index in [2.05, 4.69) is 41.7 Å². The van der Waals surface area contributed by atoms with Gasteiger partial charge in [0.1, 0.15) is 22.9 Å². The van der Waals surface area contributed by atoms with Crippen molar-refractivity contribution in [2.24, 2.45) is 20.5 Å². The van der Waals surface area contributed by atoms with Crippen molar-refractivity contribution in [2.75, 3.05) is 52.1 Å². The van der Waals surface area contributed by atoms with E-state index in [1.54, 1.807) is 24.3 Å². The third-order valence-corrected chi connectivity index (χ3v) is 11.6. The third kappa shape index (κ3) is 15.3. The second-order valence-corrected chi connectivity index (χ2v) is 17.2. The van der Waals surface area contributed by atoms with E-state index >= 15 is 0 Å². The summed E-state index contributed by atoms with van der Waals surface area (Å²) < 4.78 is 11.5. The van der Waals surface area contributed by atoms with Crippen LogP contribution in [0.3, 0.4) is 0 Å². The van der Waals surface area contributed by atoms with E-state index in [-0.39, 0.29) is 56.2 Å². The van der Waals surface area contributed by atoms with E-state index in [0.29, 0.717) is 66.3 Å². The summed E-state index contributed by atoms with van der Waals surface area (Å²) in [6, 6.07) is 20.8. The van der Waals surface area contributed by atoms with Gasteiger partial charge in [0.25, 0.3) is 23.6 Å². The van der Waals surface area contributed by atoms with E-state index in [4.69, 9.17) is 67.5 Å². The Morgan fingerprint density at radius 3 is 1.39 bits per heavy atom. The number of rotatable bonds is 24. The molecule has 4 N–H and O–H groups in total. The fraction of sp³-hybridized carbons (Fsp3) is 0.280. The van der Waals surface area contributed by atoms with Crippen LogP contribution in [0.25, 0.3) is 0 Å². The molecule has 0 saturated carbocycles. The fourth-order valence-electron chi connectivity index (χ4n) is 6.73. The van der Waals surface area contributed by atoms with Crippen molar-refractivity contribution < 1.29 is 38.2 Å². The number of anilines is 4. The lowest BCUT2D eigenvalue weighted by atomic mass is 10.1. The van der Waals surface area contributed by atoms with Crippen LogP contribution >= 0.6 is 58.0 Å². The molecule has 0 bridgehead atoms. The first-order valence-electron chi connectivity index (χ1n) is 22.1. The van der Waals surface area contributed by atoms with Crippen molar-refractivity contribution in [3.05, 3.63) is 129 Å². The zero-order valence-corrected chi connectivity index (χ0v) is 42.7. The molecule has 0 heterocycles. The van der Waals surface area contributed by atoms with Crippen LogP contribution < -0.4 is 30.7 Å². The van der Waals surface area contributed by atoms with E-state index in [1.165, 1.54) is 54.6 Å². The van der Waals surface area contributed by atoms with Gasteiger partial charge in [-0.2, -0.15) is 20.5 Å². The number of hydrogen-bond acceptors (Lipinski definition) is 12. The van der Waals surface area contributed by atoms with Crippen molar-refractivity contribution in [3.8, 4) is 11.5 Å². The number of Topliss-reactive ketones (excluding diaryl/α,β-unsaturated/α-hetero) is 2. The first kappa shape index (κ1) is 55.5. The van der Waals surface area contributed by atoms with Crippen LogP contribution in [-0.2, 0) is 38.4 Å². The standard InChI is InChI=1S/C50H49Cl5N8O8/c1-5-70-41-25-30(19-22-51)13-16-37(41)58-47(66)34-9-7-11-39(43(34)54)60-62-45(28(3)64)49(68)56-33-15-18-36(32(27-33)21-24-53)57-50(69)46(29(4)65)63-61-40-12-8-10-35(44(40)55)48(67)59-38-17-14-31(20-23-52)26-42(38)71-6-2/h7-18,25-27,45-46H,5-6,19-24H2,1-4H3,(H,56,68)(H,57,69)(H,58,66)(H,59,67). The van der Waals surface area contributed by atoms with E-state index in [1.807, 2.05) is 26.0 Å². The zero-order valence-electron chi connectivity index (χ0n) is 38.9. The lowest BCUT2D eigenvalue weighted by Gasteiger charge is -2.16. The van der Waals surface area contributed by atoms with Gasteiger partial charge in [-0.3, -0.25) is 28.8 Å². The first-order chi connectivity index (χ1) is 34.1. The summed E-state index contributed by atoms with van der Waals surface area (Å²) >= 11 is 31.2. The lowest BCUT2D eigenvalue weighted by Crippen LogP contribution is -2.32. The molecule has 5 rings (SSSR count). The molecule has 0 radical (unpaired) electrons. The van der Waals surface area contributed by atoms with Crippen LogP contribution in [0.15, 0.2) is 111 Å². The highest BCUT2D eigenvalue weighted by Gasteiger charge is 2.27. The number of amides is 4. The number of ketones is 2. The van der Waals surface area contributed by atoms with Crippen molar-refractivity contribution in [1.82, 2.24) is 0 Å². The number of ether oxygens (including phenoxy) is 2. The summed E-state index contributed by atoms with van der Waals surface area (Å²) in [5.74, 6) is -2.29. The molecule has 0 aliphatic carbocycles. The van der Waals surface area contributed by atoms with Crippen molar-refractivity contribution in [3.63, 3.8) is 0 Å². The minimum absolute atomic E-state index is 0.0179. The Balaban J connectivity index is 1.28. The lowest BCUT2D eigenvalue weighted by molar-refractivity contribution is -0.127. The molecular formula is C50H49Cl5N8O8. The molecule has 0 fully saturated rings. The quantitative estimate of drug-likeness (QED) is 0.0264. The molecular weight excluding hydrogens is 1020 g/mol. The Labute approximate surface area is 435 Å². The minimum atomic E-state index is -1.63. The van der Waals surface area contributed by atoms with Crippen LogP contribution in [0.4, 0.5) is 34.1 Å². The second-order valence-electron chi connectivity index (χ2n) is 15.3. The van der Waals surface area contributed by atoms with Gasteiger partial charge in [-0.15, -0.1) is 34.8 Å². The zero-order chi connectivity index (χ0) is 51.6. The Morgan fingerprint density at radius 2 is 0.972 bits per heavy atom. The SMILES string of the molecule is CCOc1cc(CCCl)ccc1NC(=O)c1cccc(N=NC(C(C)=O)C(=O)Nc2ccc(NC(=O)C(N=Nc3cccc(C(=O)Nc4ccc(CCCl)cc4OCC)c3Cl)C(C)=O)c(CCCl)c2)c1Cl. The van der Waals surface area contributed by atoms with E-state index < -0.39 is 47.3 Å². The number of benzene rings is 5. The monoisotopic (exact) mass is 1060 g/mol. The molecule has 0 aliphatic heterocycles. The number of hydrogen-bond donors (Lipinski definition) is 4. The molecule has 0 aromatic heterocycles. The van der Waals surface area contributed by atoms with Crippen molar-refractivity contribution in [2.45, 2.75) is 59.0 Å². The van der Waals surface area contributed by atoms with Crippen molar-refractivity contribution >= 4 is 127 Å². The van der Waals surface area contributed by atoms with Gasteiger partial charge in [0.2, 0.25) is 12.1 Å². The molecule has 0 spiro atoms. The first-order valence-corrected chi connectivity index (χ1v) is 24.4. The predicted octanol–water partition coefficient (Wildman–Crippen LogP) is 12.0. The Bertz CT molecular complexity index is 2850. The predicted molar refractivity (Wildman–Crippen MR) is 279 cm³/mol. The number of nitrogens with zero attached hydrogens (tertiary/aromatic N) is 4. The highest BCUT2D eigenvalue weighted by molar-refractivity contribution is 6.37. The molecule has 5 aromatic carbocycles. The summed E-state index contributed by atoms with van der Waals surface area (Å²) in [6.45, 7) is 6.67. The maximum absolute atomic E-state index is 13.6. The minimum Gasteiger partial charge on any atom is -0.492 e. The summed E-state index contributed by atoms with van der Waals surface area (Å²) in [6.07, 6.45) is 1.42. The van der Waals surface area contributed by atoms with Crippen LogP contribution in [0.1, 0.15) is 65.1 Å². The molecule has 16 nitrogen and oxygen atoms in total. The molecule has 5 aromatic rings. The van der Waals surface area contributed by atoms with Gasteiger partial charge in [-0.1, -0.05) is 47.5 Å². The third-order valence-electron chi connectivity index (χ3n) is 10.2. The second kappa shape index (κ2) is 27.2. The molecule has 21 heteroatoms. The number of carbonyl (C=O) groups excluding carboxylic acids is 6. The number of azo groups is 2. The van der Waals surface area contributed by atoms with E-state index in [9.17, 15) is 28.8 Å². The number of alkyl halides is 3. The van der Waals surface area contributed by atoms with Gasteiger partial charge in [-0.05, 0) is 130 Å². The Kier molecular flexibility index (Phi) is 21.3. The van der Waals surface area contributed by atoms with Gasteiger partial charge in [-0.25, -0.2) is 0 Å². The summed E-state index contributed by atoms with van der Waals surface area (Å²) in [5.41, 5.74) is 3.72.